The molecule has 1 aromatic heterocycles. The molecule has 1 aliphatic heterocycles. The number of carbonyl (C=O) groups is 1. The highest BCUT2D eigenvalue weighted by Gasteiger charge is 2.22. The Morgan fingerprint density at radius 1 is 1.38 bits per heavy atom. The van der Waals surface area contributed by atoms with Gasteiger partial charge in [0.15, 0.2) is 0 Å². The number of hydrogen-bond donors (Lipinski definition) is 1. The highest BCUT2D eigenvalue weighted by atomic mass is 35.5. The molecule has 1 fully saturated rings. The van der Waals surface area contributed by atoms with Crippen LogP contribution in [0.3, 0.4) is 0 Å². The third kappa shape index (κ3) is 4.34. The lowest BCUT2D eigenvalue weighted by atomic mass is 9.98. The van der Waals surface area contributed by atoms with Crippen LogP contribution in [0.25, 0.3) is 0 Å². The van der Waals surface area contributed by atoms with Crippen LogP contribution >= 0.6 is 11.6 Å². The monoisotopic (exact) mass is 309 g/mol. The fourth-order valence-electron chi connectivity index (χ4n) is 2.72. The normalized spacial score (nSPS) is 19.5. The summed E-state index contributed by atoms with van der Waals surface area (Å²) in [5, 5.41) is 3.80. The van der Waals surface area contributed by atoms with Gasteiger partial charge < -0.3 is 10.2 Å². The molecule has 1 atom stereocenters. The second-order valence-corrected chi connectivity index (χ2v) is 5.98. The molecule has 0 saturated carbocycles. The van der Waals surface area contributed by atoms with Gasteiger partial charge in [-0.25, -0.2) is 4.98 Å². The summed E-state index contributed by atoms with van der Waals surface area (Å²) in [5.41, 5.74) is 0.776. The van der Waals surface area contributed by atoms with E-state index in [0.29, 0.717) is 23.9 Å². The lowest BCUT2D eigenvalue weighted by molar-refractivity contribution is -0.131. The Kier molecular flexibility index (Phi) is 5.85. The maximum absolute atomic E-state index is 12.2. The van der Waals surface area contributed by atoms with Gasteiger partial charge in [-0.15, -0.1) is 0 Å². The molecule has 1 unspecified atom stereocenters. The first kappa shape index (κ1) is 16.1. The number of halogens is 1. The molecule has 0 aromatic carbocycles. The second-order valence-electron chi connectivity index (χ2n) is 5.57. The number of carbonyl (C=O) groups excluding carboxylic acids is 1. The zero-order valence-corrected chi connectivity index (χ0v) is 13.6. The van der Waals surface area contributed by atoms with Gasteiger partial charge in [0.2, 0.25) is 5.91 Å². The van der Waals surface area contributed by atoms with Crippen LogP contribution in [0.4, 0.5) is 5.82 Å². The molecule has 0 spiro atoms. The van der Waals surface area contributed by atoms with E-state index in [1.807, 2.05) is 24.0 Å². The van der Waals surface area contributed by atoms with E-state index in [1.54, 1.807) is 0 Å². The number of rotatable bonds is 5. The zero-order valence-electron chi connectivity index (χ0n) is 12.9. The zero-order chi connectivity index (χ0) is 15.2. The highest BCUT2D eigenvalue weighted by molar-refractivity contribution is 6.31. The average molecular weight is 310 g/mol. The van der Waals surface area contributed by atoms with Gasteiger partial charge in [0.05, 0.1) is 17.3 Å². The third-order valence-corrected chi connectivity index (χ3v) is 4.47. The summed E-state index contributed by atoms with van der Waals surface area (Å²) in [5.74, 6) is 1.69. The van der Waals surface area contributed by atoms with E-state index in [9.17, 15) is 4.79 Å². The fraction of sp³-hybridized carbons (Fsp3) is 0.625. The standard InChI is InChI=1S/C16H24ClN3O/c1-3-12-5-8-16(21)20(10-9-12)11-14-13(17)6-7-15(19-14)18-4-2/h6-7,12H,3-5,8-11H2,1-2H3,(H,18,19). The van der Waals surface area contributed by atoms with Crippen molar-refractivity contribution in [2.75, 3.05) is 18.4 Å². The van der Waals surface area contributed by atoms with Crippen molar-refractivity contribution in [2.45, 2.75) is 46.1 Å². The third-order valence-electron chi connectivity index (χ3n) is 4.12. The first-order valence-electron chi connectivity index (χ1n) is 7.81. The average Bonchev–Trinajstić information content (AvgIpc) is 2.65. The van der Waals surface area contributed by atoms with E-state index in [2.05, 4.69) is 17.2 Å². The predicted octanol–water partition coefficient (Wildman–Crippen LogP) is 3.71. The lowest BCUT2D eigenvalue weighted by Crippen LogP contribution is -2.30. The van der Waals surface area contributed by atoms with E-state index >= 15 is 0 Å². The van der Waals surface area contributed by atoms with E-state index in [1.165, 1.54) is 0 Å². The number of pyridine rings is 1. The Bertz CT molecular complexity index is 492. The summed E-state index contributed by atoms with van der Waals surface area (Å²) in [6.07, 6.45) is 3.87. The largest absolute Gasteiger partial charge is 0.370 e. The Morgan fingerprint density at radius 3 is 2.90 bits per heavy atom. The van der Waals surface area contributed by atoms with Crippen LogP contribution in [-0.4, -0.2) is 28.9 Å². The predicted molar refractivity (Wildman–Crippen MR) is 86.5 cm³/mol. The van der Waals surface area contributed by atoms with Gasteiger partial charge in [0, 0.05) is 19.5 Å². The molecule has 2 heterocycles. The van der Waals surface area contributed by atoms with Crippen LogP contribution in [0.1, 0.15) is 45.2 Å². The second kappa shape index (κ2) is 7.64. The van der Waals surface area contributed by atoms with Crippen LogP contribution < -0.4 is 5.32 Å². The summed E-state index contributed by atoms with van der Waals surface area (Å²) in [6.45, 7) is 6.35. The Hall–Kier alpha value is -1.29. The van der Waals surface area contributed by atoms with Gasteiger partial charge in [-0.3, -0.25) is 4.79 Å². The summed E-state index contributed by atoms with van der Waals surface area (Å²) in [6, 6.07) is 3.71. The van der Waals surface area contributed by atoms with Crippen LogP contribution in [0.5, 0.6) is 0 Å². The van der Waals surface area contributed by atoms with E-state index in [4.69, 9.17) is 11.6 Å². The smallest absolute Gasteiger partial charge is 0.222 e. The maximum Gasteiger partial charge on any atom is 0.222 e. The molecule has 1 aromatic rings. The minimum atomic E-state index is 0.220. The number of amides is 1. The Morgan fingerprint density at radius 2 is 2.19 bits per heavy atom. The van der Waals surface area contributed by atoms with Gasteiger partial charge in [-0.2, -0.15) is 0 Å². The Balaban J connectivity index is 2.09. The van der Waals surface area contributed by atoms with Gasteiger partial charge in [-0.05, 0) is 37.8 Å². The number of hydrogen-bond acceptors (Lipinski definition) is 3. The van der Waals surface area contributed by atoms with Crippen molar-refractivity contribution in [3.05, 3.63) is 22.8 Å². The van der Waals surface area contributed by atoms with Crippen LogP contribution in [0.2, 0.25) is 5.02 Å². The molecule has 1 N–H and O–H groups in total. The fourth-order valence-corrected chi connectivity index (χ4v) is 2.89. The number of aromatic nitrogens is 1. The molecular formula is C16H24ClN3O. The number of nitrogens with zero attached hydrogens (tertiary/aromatic N) is 2. The molecule has 116 valence electrons. The molecular weight excluding hydrogens is 286 g/mol. The topological polar surface area (TPSA) is 45.2 Å². The first-order chi connectivity index (χ1) is 10.1. The molecule has 1 aliphatic rings. The number of anilines is 1. The van der Waals surface area contributed by atoms with Crippen molar-refractivity contribution in [2.24, 2.45) is 5.92 Å². The van der Waals surface area contributed by atoms with Gasteiger partial charge in [-0.1, -0.05) is 24.9 Å². The van der Waals surface area contributed by atoms with Crippen molar-refractivity contribution < 1.29 is 4.79 Å². The van der Waals surface area contributed by atoms with Gasteiger partial charge >= 0.3 is 0 Å². The minimum Gasteiger partial charge on any atom is -0.370 e. The molecule has 0 aliphatic carbocycles. The summed E-state index contributed by atoms with van der Waals surface area (Å²) < 4.78 is 0. The quantitative estimate of drug-likeness (QED) is 0.902. The van der Waals surface area contributed by atoms with E-state index in [0.717, 1.165) is 43.9 Å². The molecule has 2 rings (SSSR count). The highest BCUT2D eigenvalue weighted by Crippen LogP contribution is 2.24. The van der Waals surface area contributed by atoms with Crippen molar-refractivity contribution in [3.63, 3.8) is 0 Å². The van der Waals surface area contributed by atoms with Gasteiger partial charge in [0.1, 0.15) is 5.82 Å². The molecule has 21 heavy (non-hydrogen) atoms. The number of likely N-dealkylation sites (tertiary alicyclic amines) is 1. The van der Waals surface area contributed by atoms with Crippen molar-refractivity contribution in [1.29, 1.82) is 0 Å². The minimum absolute atomic E-state index is 0.220. The molecule has 0 radical (unpaired) electrons. The van der Waals surface area contributed by atoms with Crippen molar-refractivity contribution in [3.8, 4) is 0 Å². The van der Waals surface area contributed by atoms with Crippen molar-refractivity contribution in [1.82, 2.24) is 9.88 Å². The summed E-state index contributed by atoms with van der Waals surface area (Å²) >= 11 is 6.23. The number of nitrogens with one attached hydrogen (secondary N) is 1. The van der Waals surface area contributed by atoms with Crippen LogP contribution in [0, 0.1) is 5.92 Å². The van der Waals surface area contributed by atoms with Gasteiger partial charge in [0.25, 0.3) is 0 Å². The Labute approximate surface area is 131 Å². The molecule has 5 heteroatoms. The van der Waals surface area contributed by atoms with E-state index < -0.39 is 0 Å². The lowest BCUT2D eigenvalue weighted by Gasteiger charge is -2.21. The molecule has 0 bridgehead atoms. The maximum atomic E-state index is 12.2. The summed E-state index contributed by atoms with van der Waals surface area (Å²) in [4.78, 5) is 18.7. The van der Waals surface area contributed by atoms with Crippen LogP contribution in [0.15, 0.2) is 12.1 Å². The van der Waals surface area contributed by atoms with Crippen molar-refractivity contribution >= 4 is 23.3 Å². The SMILES string of the molecule is CCNc1ccc(Cl)c(CN2CCC(CC)CCC2=O)n1. The molecule has 1 amide bonds. The van der Waals surface area contributed by atoms with E-state index in [-0.39, 0.29) is 5.91 Å². The first-order valence-corrected chi connectivity index (χ1v) is 8.18. The summed E-state index contributed by atoms with van der Waals surface area (Å²) in [7, 11) is 0. The molecule has 1 saturated heterocycles. The van der Waals surface area contributed by atoms with Crippen LogP contribution in [-0.2, 0) is 11.3 Å². The molecule has 4 nitrogen and oxygen atoms in total.